The molecule has 4 rings (SSSR count). The van der Waals surface area contributed by atoms with Gasteiger partial charge in [-0.25, -0.2) is 10.2 Å². The number of hydrogen-bond donors (Lipinski definition) is 2. The van der Waals surface area contributed by atoms with Crippen molar-refractivity contribution in [2.24, 2.45) is 16.3 Å². The van der Waals surface area contributed by atoms with Crippen LogP contribution in [-0.4, -0.2) is 24.2 Å². The summed E-state index contributed by atoms with van der Waals surface area (Å²) in [5, 5.41) is 6.30. The quantitative estimate of drug-likeness (QED) is 0.582. The van der Waals surface area contributed by atoms with Crippen LogP contribution in [0.3, 0.4) is 0 Å². The highest BCUT2D eigenvalue weighted by molar-refractivity contribution is 6.13. The number of anilines is 1. The van der Waals surface area contributed by atoms with E-state index < -0.39 is 6.03 Å². The number of urea groups is 1. The number of nitrogens with two attached hydrogens (primary N) is 1. The Morgan fingerprint density at radius 3 is 2.59 bits per heavy atom. The number of hydrogen-bond acceptors (Lipinski definition) is 4. The third-order valence-electron chi connectivity index (χ3n) is 5.91. The van der Waals surface area contributed by atoms with E-state index in [0.717, 1.165) is 27.6 Å². The molecule has 0 bridgehead atoms. The molecular weight excluding hydrogens is 404 g/mol. The normalized spacial score (nSPS) is 16.1. The first kappa shape index (κ1) is 21.6. The number of nitrogens with zero attached hydrogens (tertiary/aromatic N) is 2. The minimum atomic E-state index is -0.729. The predicted octanol–water partition coefficient (Wildman–Crippen LogP) is 4.75. The fourth-order valence-electron chi connectivity index (χ4n) is 4.53. The van der Waals surface area contributed by atoms with Crippen molar-refractivity contribution in [3.8, 4) is 0 Å². The van der Waals surface area contributed by atoms with Crippen LogP contribution >= 0.6 is 0 Å². The molecule has 0 unspecified atom stereocenters. The van der Waals surface area contributed by atoms with Crippen molar-refractivity contribution >= 4 is 34.1 Å². The number of primary amides is 1. The van der Waals surface area contributed by atoms with Gasteiger partial charge in [0, 0.05) is 29.5 Å². The van der Waals surface area contributed by atoms with Crippen molar-refractivity contribution in [2.45, 2.75) is 40.5 Å². The van der Waals surface area contributed by atoms with Gasteiger partial charge in [0.2, 0.25) is 0 Å². The molecule has 7 heteroatoms. The minimum absolute atomic E-state index is 0.129. The van der Waals surface area contributed by atoms with Gasteiger partial charge in [0.05, 0.1) is 11.4 Å². The maximum Gasteiger partial charge on any atom is 0.332 e. The Balaban J connectivity index is 1.79. The van der Waals surface area contributed by atoms with Crippen LogP contribution in [0.25, 0.3) is 10.8 Å². The van der Waals surface area contributed by atoms with Crippen LogP contribution in [-0.2, 0) is 6.42 Å². The lowest BCUT2D eigenvalue weighted by Gasteiger charge is -2.29. The van der Waals surface area contributed by atoms with Crippen LogP contribution in [0.4, 0.5) is 10.5 Å². The molecule has 7 nitrogen and oxygen atoms in total. The zero-order chi connectivity index (χ0) is 23.0. The Bertz CT molecular complexity index is 1230. The summed E-state index contributed by atoms with van der Waals surface area (Å²) in [5.74, 6) is 0.811. The van der Waals surface area contributed by atoms with Gasteiger partial charge >= 0.3 is 6.03 Å². The lowest BCUT2D eigenvalue weighted by atomic mass is 9.75. The third kappa shape index (κ3) is 3.86. The van der Waals surface area contributed by atoms with Gasteiger partial charge in [0.15, 0.2) is 5.76 Å². The fraction of sp³-hybridized carbons (Fsp3) is 0.320. The van der Waals surface area contributed by atoms with Gasteiger partial charge in [0.1, 0.15) is 5.76 Å². The van der Waals surface area contributed by atoms with E-state index >= 15 is 0 Å². The summed E-state index contributed by atoms with van der Waals surface area (Å²) in [6.45, 7) is 8.51. The zero-order valence-electron chi connectivity index (χ0n) is 18.9. The number of carbonyl (C=O) groups is 2. The minimum Gasteiger partial charge on any atom is -0.455 e. The average molecular weight is 433 g/mol. The van der Waals surface area contributed by atoms with Gasteiger partial charge in [-0.2, -0.15) is 5.10 Å². The van der Waals surface area contributed by atoms with E-state index in [1.165, 1.54) is 0 Å². The first-order valence-corrected chi connectivity index (χ1v) is 10.8. The molecule has 3 aromatic rings. The van der Waals surface area contributed by atoms with E-state index in [4.69, 9.17) is 10.2 Å². The number of fused-ring (bicyclic) bond motifs is 2. The highest BCUT2D eigenvalue weighted by atomic mass is 16.4. The topological polar surface area (TPSA) is 101 Å². The monoisotopic (exact) mass is 432 g/mol. The summed E-state index contributed by atoms with van der Waals surface area (Å²) in [6, 6.07) is 13.2. The van der Waals surface area contributed by atoms with Crippen molar-refractivity contribution in [1.29, 1.82) is 0 Å². The van der Waals surface area contributed by atoms with E-state index in [1.54, 1.807) is 4.90 Å². The molecule has 166 valence electrons. The van der Waals surface area contributed by atoms with Gasteiger partial charge in [-0.3, -0.25) is 4.79 Å². The second-order valence-corrected chi connectivity index (χ2v) is 8.95. The maximum absolute atomic E-state index is 13.7. The van der Waals surface area contributed by atoms with Crippen LogP contribution in [0.1, 0.15) is 54.6 Å². The summed E-state index contributed by atoms with van der Waals surface area (Å²) in [7, 11) is 0. The van der Waals surface area contributed by atoms with E-state index in [2.05, 4.69) is 24.4 Å². The molecule has 1 aliphatic carbocycles. The van der Waals surface area contributed by atoms with Gasteiger partial charge in [0.25, 0.3) is 5.91 Å². The molecule has 3 amide bonds. The second kappa shape index (κ2) is 8.15. The summed E-state index contributed by atoms with van der Waals surface area (Å²) < 4.78 is 6.17. The largest absolute Gasteiger partial charge is 0.455 e. The lowest BCUT2D eigenvalue weighted by Crippen LogP contribution is -2.31. The van der Waals surface area contributed by atoms with E-state index in [-0.39, 0.29) is 11.3 Å². The number of hydrazone groups is 1. The molecule has 2 aromatic carbocycles. The van der Waals surface area contributed by atoms with Gasteiger partial charge in [-0.15, -0.1) is 0 Å². The molecule has 0 atom stereocenters. The van der Waals surface area contributed by atoms with Crippen molar-refractivity contribution in [2.75, 3.05) is 11.4 Å². The number of amides is 3. The van der Waals surface area contributed by atoms with Crippen molar-refractivity contribution < 1.29 is 14.0 Å². The van der Waals surface area contributed by atoms with Crippen LogP contribution in [0.2, 0.25) is 0 Å². The summed E-state index contributed by atoms with van der Waals surface area (Å²) in [6.07, 6.45) is 1.31. The molecule has 0 saturated heterocycles. The van der Waals surface area contributed by atoms with Gasteiger partial charge in [-0.1, -0.05) is 50.2 Å². The van der Waals surface area contributed by atoms with E-state index in [0.29, 0.717) is 36.6 Å². The summed E-state index contributed by atoms with van der Waals surface area (Å²) in [4.78, 5) is 26.7. The molecule has 1 heterocycles. The molecule has 1 aromatic heterocycles. The fourth-order valence-corrected chi connectivity index (χ4v) is 4.53. The molecule has 0 radical (unpaired) electrons. The summed E-state index contributed by atoms with van der Waals surface area (Å²) in [5.41, 5.74) is 10.4. The molecule has 32 heavy (non-hydrogen) atoms. The number of rotatable bonds is 4. The number of furan rings is 1. The van der Waals surface area contributed by atoms with Crippen molar-refractivity contribution in [1.82, 2.24) is 5.43 Å². The maximum atomic E-state index is 13.7. The highest BCUT2D eigenvalue weighted by Crippen LogP contribution is 2.39. The molecule has 0 spiro atoms. The highest BCUT2D eigenvalue weighted by Gasteiger charge is 2.37. The standard InChI is InChI=1S/C25H28N4O3/c1-5-29(19-12-8-10-16-9-6-7-11-17(16)19)23(30)22-15(2)21-18(27-28-24(26)31)13-25(3,4)14-20(21)32-22/h6-12H,5,13-14H2,1-4H3,(H3,26,28,31)/b27-18-. The number of carbonyl (C=O) groups excluding carboxylic acids is 2. The molecule has 0 saturated carbocycles. The van der Waals surface area contributed by atoms with Gasteiger partial charge < -0.3 is 15.1 Å². The Hall–Kier alpha value is -3.61. The van der Waals surface area contributed by atoms with Crippen LogP contribution < -0.4 is 16.1 Å². The second-order valence-electron chi connectivity index (χ2n) is 8.95. The van der Waals surface area contributed by atoms with Gasteiger partial charge in [-0.05, 0) is 37.1 Å². The average Bonchev–Trinajstić information content (AvgIpc) is 3.07. The van der Waals surface area contributed by atoms with Crippen LogP contribution in [0.5, 0.6) is 0 Å². The molecule has 1 aliphatic rings. The Labute approximate surface area is 187 Å². The number of benzene rings is 2. The SMILES string of the molecule is CCN(C(=O)c1oc2c(c1C)/C(=N\NC(N)=O)CC(C)(C)C2)c1cccc2ccccc12. The molecule has 0 aliphatic heterocycles. The number of nitrogens with one attached hydrogen (secondary N) is 1. The lowest BCUT2D eigenvalue weighted by molar-refractivity contribution is 0.0958. The van der Waals surface area contributed by atoms with Crippen LogP contribution in [0.15, 0.2) is 52.0 Å². The Kier molecular flexibility index (Phi) is 5.50. The molecule has 0 fully saturated rings. The molecular formula is C25H28N4O3. The smallest absolute Gasteiger partial charge is 0.332 e. The molecule has 3 N–H and O–H groups in total. The van der Waals surface area contributed by atoms with Crippen molar-refractivity contribution in [3.05, 3.63) is 65.1 Å². The van der Waals surface area contributed by atoms with Crippen LogP contribution in [0, 0.1) is 12.3 Å². The Morgan fingerprint density at radius 2 is 1.88 bits per heavy atom. The first-order chi connectivity index (χ1) is 15.2. The van der Waals surface area contributed by atoms with E-state index in [9.17, 15) is 9.59 Å². The van der Waals surface area contributed by atoms with Crippen molar-refractivity contribution in [3.63, 3.8) is 0 Å². The Morgan fingerprint density at radius 1 is 1.16 bits per heavy atom. The van der Waals surface area contributed by atoms with E-state index in [1.807, 2.05) is 56.3 Å². The predicted molar refractivity (Wildman–Crippen MR) is 126 cm³/mol. The third-order valence-corrected chi connectivity index (χ3v) is 5.91. The summed E-state index contributed by atoms with van der Waals surface area (Å²) >= 11 is 0. The first-order valence-electron chi connectivity index (χ1n) is 10.8. The zero-order valence-corrected chi connectivity index (χ0v) is 18.9.